The molecule has 15 heavy (non-hydrogen) atoms. The van der Waals surface area contributed by atoms with Crippen molar-refractivity contribution < 1.29 is 8.42 Å². The van der Waals surface area contributed by atoms with E-state index in [1.165, 1.54) is 7.05 Å². The van der Waals surface area contributed by atoms with Crippen LogP contribution < -0.4 is 4.72 Å². The van der Waals surface area contributed by atoms with Gasteiger partial charge in [0.25, 0.3) is 10.0 Å². The second kappa shape index (κ2) is 3.61. The topological polar surface area (TPSA) is 64.0 Å². The molecular weight excluding hydrogens is 214 g/mol. The average molecular weight is 229 g/mol. The van der Waals surface area contributed by atoms with Crippen LogP contribution in [0.1, 0.15) is 31.4 Å². The number of aryl methyl sites for hydroxylation is 1. The lowest BCUT2D eigenvalue weighted by Crippen LogP contribution is -2.22. The lowest BCUT2D eigenvalue weighted by molar-refractivity contribution is 0.546. The Kier molecular flexibility index (Phi) is 2.56. The highest BCUT2D eigenvalue weighted by Crippen LogP contribution is 2.39. The van der Waals surface area contributed by atoms with Gasteiger partial charge < -0.3 is 0 Å². The number of hydrogen-bond donors (Lipinski definition) is 1. The van der Waals surface area contributed by atoms with Crippen molar-refractivity contribution in [1.82, 2.24) is 14.5 Å². The molecule has 0 amide bonds. The molecule has 0 aliphatic heterocycles. The van der Waals surface area contributed by atoms with E-state index in [1.54, 1.807) is 10.7 Å². The number of nitrogens with one attached hydrogen (secondary N) is 1. The fourth-order valence-corrected chi connectivity index (χ4v) is 2.48. The second-order valence-corrected chi connectivity index (χ2v) is 5.54. The van der Waals surface area contributed by atoms with Crippen LogP contribution in [-0.4, -0.2) is 25.2 Å². The molecule has 2 rings (SSSR count). The Morgan fingerprint density at radius 3 is 2.73 bits per heavy atom. The summed E-state index contributed by atoms with van der Waals surface area (Å²) in [7, 11) is -1.96. The number of sulfonamides is 1. The number of nitrogens with zero attached hydrogens (tertiary/aromatic N) is 2. The smallest absolute Gasteiger partial charge is 0.253 e. The van der Waals surface area contributed by atoms with Crippen LogP contribution in [0.4, 0.5) is 0 Å². The second-order valence-electron chi connectivity index (χ2n) is 3.71. The number of rotatable bonds is 4. The van der Waals surface area contributed by atoms with Crippen molar-refractivity contribution in [3.8, 4) is 0 Å². The van der Waals surface area contributed by atoms with Gasteiger partial charge in [-0.15, -0.1) is 0 Å². The van der Waals surface area contributed by atoms with Gasteiger partial charge in [-0.25, -0.2) is 13.1 Å². The van der Waals surface area contributed by atoms with Crippen LogP contribution in [0.2, 0.25) is 0 Å². The SMILES string of the molecule is CCn1nc(C2CC2)cc1S(=O)(=O)NC. The molecule has 0 saturated heterocycles. The molecule has 1 heterocycles. The van der Waals surface area contributed by atoms with Gasteiger partial charge in [0.1, 0.15) is 0 Å². The molecule has 5 nitrogen and oxygen atoms in total. The Bertz CT molecular complexity index is 460. The minimum absolute atomic E-state index is 0.273. The van der Waals surface area contributed by atoms with Crippen molar-refractivity contribution in [2.75, 3.05) is 7.05 Å². The van der Waals surface area contributed by atoms with Gasteiger partial charge >= 0.3 is 0 Å². The third-order valence-corrected chi connectivity index (χ3v) is 4.02. The molecule has 0 atom stereocenters. The van der Waals surface area contributed by atoms with Gasteiger partial charge in [-0.1, -0.05) is 0 Å². The maximum absolute atomic E-state index is 11.7. The fraction of sp³-hybridized carbons (Fsp3) is 0.667. The molecule has 0 radical (unpaired) electrons. The van der Waals surface area contributed by atoms with Crippen LogP contribution in [0.3, 0.4) is 0 Å². The molecule has 84 valence electrons. The zero-order chi connectivity index (χ0) is 11.1. The largest absolute Gasteiger partial charge is 0.257 e. The van der Waals surface area contributed by atoms with Crippen LogP contribution >= 0.6 is 0 Å². The molecule has 1 fully saturated rings. The monoisotopic (exact) mass is 229 g/mol. The maximum Gasteiger partial charge on any atom is 0.257 e. The molecule has 1 saturated carbocycles. The molecule has 0 bridgehead atoms. The van der Waals surface area contributed by atoms with Crippen molar-refractivity contribution in [2.24, 2.45) is 0 Å². The van der Waals surface area contributed by atoms with Crippen molar-refractivity contribution in [3.05, 3.63) is 11.8 Å². The van der Waals surface area contributed by atoms with Crippen molar-refractivity contribution in [2.45, 2.75) is 37.3 Å². The fourth-order valence-electron chi connectivity index (χ4n) is 1.54. The predicted octanol–water partition coefficient (Wildman–Crippen LogP) is 0.688. The molecule has 1 aliphatic carbocycles. The predicted molar refractivity (Wildman–Crippen MR) is 56.1 cm³/mol. The standard InChI is InChI=1S/C9H15N3O2S/c1-3-12-9(15(13,14)10-2)6-8(11-12)7-4-5-7/h6-7,10H,3-5H2,1-2H3. The highest BCUT2D eigenvalue weighted by Gasteiger charge is 2.29. The molecule has 0 spiro atoms. The van der Waals surface area contributed by atoms with Gasteiger partial charge in [0.2, 0.25) is 0 Å². The minimum Gasteiger partial charge on any atom is -0.253 e. The first kappa shape index (κ1) is 10.6. The highest BCUT2D eigenvalue weighted by molar-refractivity contribution is 7.89. The average Bonchev–Trinajstić information content (AvgIpc) is 2.97. The van der Waals surface area contributed by atoms with Crippen LogP contribution in [0.15, 0.2) is 11.1 Å². The normalized spacial score (nSPS) is 16.9. The Hall–Kier alpha value is -0.880. The van der Waals surface area contributed by atoms with Gasteiger partial charge in [0, 0.05) is 18.5 Å². The third kappa shape index (κ3) is 1.91. The van der Waals surface area contributed by atoms with E-state index in [0.717, 1.165) is 18.5 Å². The molecule has 1 aromatic heterocycles. The van der Waals surface area contributed by atoms with Crippen molar-refractivity contribution in [3.63, 3.8) is 0 Å². The van der Waals surface area contributed by atoms with Gasteiger partial charge in [0.15, 0.2) is 5.03 Å². The summed E-state index contributed by atoms with van der Waals surface area (Å²) in [4.78, 5) is 0. The van der Waals surface area contributed by atoms with E-state index in [4.69, 9.17) is 0 Å². The lowest BCUT2D eigenvalue weighted by atomic mass is 10.3. The summed E-state index contributed by atoms with van der Waals surface area (Å²) in [6, 6.07) is 1.69. The summed E-state index contributed by atoms with van der Waals surface area (Å²) in [5.74, 6) is 0.476. The minimum atomic E-state index is -3.38. The van der Waals surface area contributed by atoms with E-state index in [1.807, 2.05) is 6.92 Å². The molecule has 0 unspecified atom stereocenters. The van der Waals surface area contributed by atoms with Crippen LogP contribution in [0.5, 0.6) is 0 Å². The third-order valence-electron chi connectivity index (χ3n) is 2.60. The van der Waals surface area contributed by atoms with E-state index in [-0.39, 0.29) is 5.03 Å². The Morgan fingerprint density at radius 1 is 1.60 bits per heavy atom. The van der Waals surface area contributed by atoms with E-state index >= 15 is 0 Å². The molecule has 1 N–H and O–H groups in total. The zero-order valence-electron chi connectivity index (χ0n) is 8.90. The van der Waals surface area contributed by atoms with Gasteiger partial charge in [-0.2, -0.15) is 5.10 Å². The summed E-state index contributed by atoms with van der Waals surface area (Å²) in [6.07, 6.45) is 2.25. The van der Waals surface area contributed by atoms with Crippen molar-refractivity contribution >= 4 is 10.0 Å². The van der Waals surface area contributed by atoms with E-state index < -0.39 is 10.0 Å². The van der Waals surface area contributed by atoms with Crippen LogP contribution in [-0.2, 0) is 16.6 Å². The summed E-state index contributed by atoms with van der Waals surface area (Å²) in [5, 5.41) is 4.58. The van der Waals surface area contributed by atoms with Crippen LogP contribution in [0, 0.1) is 0 Å². The summed E-state index contributed by atoms with van der Waals surface area (Å²) < 4.78 is 27.2. The maximum atomic E-state index is 11.7. The van der Waals surface area contributed by atoms with Gasteiger partial charge in [-0.05, 0) is 26.8 Å². The number of aromatic nitrogens is 2. The van der Waals surface area contributed by atoms with E-state index in [9.17, 15) is 8.42 Å². The Labute approximate surface area is 89.5 Å². The van der Waals surface area contributed by atoms with Crippen LogP contribution in [0.25, 0.3) is 0 Å². The molecular formula is C9H15N3O2S. The van der Waals surface area contributed by atoms with Gasteiger partial charge in [0.05, 0.1) is 5.69 Å². The molecule has 0 aromatic carbocycles. The summed E-state index contributed by atoms with van der Waals surface area (Å²) in [6.45, 7) is 2.46. The molecule has 1 aromatic rings. The van der Waals surface area contributed by atoms with E-state index in [0.29, 0.717) is 12.5 Å². The molecule has 6 heteroatoms. The first-order chi connectivity index (χ1) is 7.08. The first-order valence-corrected chi connectivity index (χ1v) is 6.58. The van der Waals surface area contributed by atoms with E-state index in [2.05, 4.69) is 9.82 Å². The van der Waals surface area contributed by atoms with Gasteiger partial charge in [-0.3, -0.25) is 4.68 Å². The lowest BCUT2D eigenvalue weighted by Gasteiger charge is -2.03. The zero-order valence-corrected chi connectivity index (χ0v) is 9.71. The quantitative estimate of drug-likeness (QED) is 0.826. The molecule has 1 aliphatic rings. The number of hydrogen-bond acceptors (Lipinski definition) is 3. The Balaban J connectivity index is 2.45. The summed E-state index contributed by atoms with van der Waals surface area (Å²) in [5.41, 5.74) is 0.908. The first-order valence-electron chi connectivity index (χ1n) is 5.09. The highest BCUT2D eigenvalue weighted by atomic mass is 32.2. The summed E-state index contributed by atoms with van der Waals surface area (Å²) >= 11 is 0. The van der Waals surface area contributed by atoms with Crippen molar-refractivity contribution in [1.29, 1.82) is 0 Å². The Morgan fingerprint density at radius 2 is 2.27 bits per heavy atom.